The van der Waals surface area contributed by atoms with Crippen molar-refractivity contribution in [3.8, 4) is 6.07 Å². The molecule has 0 bridgehead atoms. The zero-order valence-electron chi connectivity index (χ0n) is 12.3. The molecule has 0 aliphatic rings. The lowest BCUT2D eigenvalue weighted by atomic mass is 10.1. The minimum atomic E-state index is 0.522. The molecule has 0 atom stereocenters. The average Bonchev–Trinajstić information content (AvgIpc) is 2.49. The zero-order chi connectivity index (χ0) is 14.5. The van der Waals surface area contributed by atoms with E-state index in [9.17, 15) is 0 Å². The van der Waals surface area contributed by atoms with E-state index in [-0.39, 0.29) is 0 Å². The Morgan fingerprint density at radius 2 is 1.90 bits per heavy atom. The normalized spacial score (nSPS) is 11.1. The van der Waals surface area contributed by atoms with E-state index in [4.69, 9.17) is 10.1 Å². The number of hydrogen-bond donors (Lipinski definition) is 0. The lowest BCUT2D eigenvalue weighted by Crippen LogP contribution is -2.00. The van der Waals surface area contributed by atoms with Crippen molar-refractivity contribution < 1.29 is 4.84 Å². The summed E-state index contributed by atoms with van der Waals surface area (Å²) in [5.41, 5.74) is 2.26. The summed E-state index contributed by atoms with van der Waals surface area (Å²) in [4.78, 5) is 5.46. The molecular weight excluding hydrogens is 248 g/mol. The van der Waals surface area contributed by atoms with Crippen LogP contribution in [0.2, 0.25) is 0 Å². The van der Waals surface area contributed by atoms with Crippen molar-refractivity contribution in [1.82, 2.24) is 0 Å². The summed E-state index contributed by atoms with van der Waals surface area (Å²) < 4.78 is 0. The number of unbranched alkanes of at least 4 members (excludes halogenated alkanes) is 3. The Labute approximate surface area is 122 Å². The molecule has 20 heavy (non-hydrogen) atoms. The van der Waals surface area contributed by atoms with Gasteiger partial charge >= 0.3 is 0 Å². The highest BCUT2D eigenvalue weighted by Gasteiger charge is 2.01. The number of hydrogen-bond acceptors (Lipinski definition) is 3. The Morgan fingerprint density at radius 1 is 1.15 bits per heavy atom. The Bertz CT molecular complexity index is 420. The van der Waals surface area contributed by atoms with Crippen LogP contribution < -0.4 is 0 Å². The van der Waals surface area contributed by atoms with Crippen LogP contribution in [-0.4, -0.2) is 5.71 Å². The monoisotopic (exact) mass is 272 g/mol. The van der Waals surface area contributed by atoms with Crippen LogP contribution >= 0.6 is 0 Å². The fraction of sp³-hybridized carbons (Fsp3) is 0.529. The minimum absolute atomic E-state index is 0.522. The third-order valence-corrected chi connectivity index (χ3v) is 3.09. The van der Waals surface area contributed by atoms with E-state index in [2.05, 4.69) is 18.1 Å². The molecule has 1 aromatic carbocycles. The van der Waals surface area contributed by atoms with Crippen LogP contribution in [0.15, 0.2) is 35.5 Å². The van der Waals surface area contributed by atoms with E-state index < -0.39 is 0 Å². The second-order valence-corrected chi connectivity index (χ2v) is 4.89. The predicted octanol–water partition coefficient (Wildman–Crippen LogP) is 4.83. The minimum Gasteiger partial charge on any atom is -0.391 e. The molecule has 0 radical (unpaired) electrons. The van der Waals surface area contributed by atoms with E-state index >= 15 is 0 Å². The van der Waals surface area contributed by atoms with Gasteiger partial charge < -0.3 is 4.84 Å². The summed E-state index contributed by atoms with van der Waals surface area (Å²) in [7, 11) is 0. The highest BCUT2D eigenvalue weighted by atomic mass is 16.6. The summed E-state index contributed by atoms with van der Waals surface area (Å²) in [6, 6.07) is 12.2. The second kappa shape index (κ2) is 11.0. The molecule has 0 fully saturated rings. The topological polar surface area (TPSA) is 45.4 Å². The first-order valence-corrected chi connectivity index (χ1v) is 7.45. The number of oxime groups is 1. The van der Waals surface area contributed by atoms with Crippen LogP contribution in [-0.2, 0) is 11.4 Å². The molecule has 1 aromatic rings. The summed E-state index contributed by atoms with van der Waals surface area (Å²) in [6.07, 6.45) is 6.84. The molecule has 3 nitrogen and oxygen atoms in total. The smallest absolute Gasteiger partial charge is 0.142 e. The molecule has 0 heterocycles. The van der Waals surface area contributed by atoms with Gasteiger partial charge in [0.2, 0.25) is 0 Å². The van der Waals surface area contributed by atoms with E-state index in [0.29, 0.717) is 13.0 Å². The van der Waals surface area contributed by atoms with Gasteiger partial charge in [0.25, 0.3) is 0 Å². The molecule has 3 heteroatoms. The van der Waals surface area contributed by atoms with E-state index in [0.717, 1.165) is 49.8 Å². The Hall–Kier alpha value is -1.82. The molecule has 0 aliphatic heterocycles. The van der Waals surface area contributed by atoms with Gasteiger partial charge in [-0.15, -0.1) is 0 Å². The van der Waals surface area contributed by atoms with E-state index in [1.165, 1.54) is 0 Å². The molecule has 1 rings (SSSR count). The Morgan fingerprint density at radius 3 is 2.60 bits per heavy atom. The molecule has 0 N–H and O–H groups in total. The van der Waals surface area contributed by atoms with Gasteiger partial charge in [-0.2, -0.15) is 5.26 Å². The van der Waals surface area contributed by atoms with Gasteiger partial charge in [0.05, 0.1) is 11.8 Å². The summed E-state index contributed by atoms with van der Waals surface area (Å²) in [5, 5.41) is 12.8. The molecule has 0 amide bonds. The lowest BCUT2D eigenvalue weighted by Gasteiger charge is -2.06. The first-order chi connectivity index (χ1) is 9.86. The van der Waals surface area contributed by atoms with Crippen molar-refractivity contribution >= 4 is 5.71 Å². The Kier molecular flexibility index (Phi) is 8.97. The van der Waals surface area contributed by atoms with Gasteiger partial charge in [-0.05, 0) is 37.7 Å². The predicted molar refractivity (Wildman–Crippen MR) is 82.3 cm³/mol. The van der Waals surface area contributed by atoms with Crippen molar-refractivity contribution in [3.05, 3.63) is 35.9 Å². The van der Waals surface area contributed by atoms with Crippen LogP contribution in [0.5, 0.6) is 0 Å². The van der Waals surface area contributed by atoms with Crippen molar-refractivity contribution in [3.63, 3.8) is 0 Å². The van der Waals surface area contributed by atoms with Crippen molar-refractivity contribution in [2.24, 2.45) is 5.16 Å². The maximum Gasteiger partial charge on any atom is 0.142 e. The molecule has 108 valence electrons. The van der Waals surface area contributed by atoms with Gasteiger partial charge in [-0.25, -0.2) is 0 Å². The maximum atomic E-state index is 8.54. The van der Waals surface area contributed by atoms with Gasteiger partial charge in [-0.1, -0.05) is 48.8 Å². The highest BCUT2D eigenvalue weighted by Crippen LogP contribution is 2.08. The first kappa shape index (κ1) is 16.2. The second-order valence-electron chi connectivity index (χ2n) is 4.89. The summed E-state index contributed by atoms with van der Waals surface area (Å²) >= 11 is 0. The van der Waals surface area contributed by atoms with Crippen LogP contribution in [0, 0.1) is 11.3 Å². The standard InChI is InChI=1S/C17H24N2O/c1-2-3-12-17(13-8-5-9-14-18)19-20-15-16-10-6-4-7-11-16/h4,6-7,10-11H,2-3,5,8-9,12-13,15H2,1H3. The quantitative estimate of drug-likeness (QED) is 0.348. The summed E-state index contributed by atoms with van der Waals surface area (Å²) in [5.74, 6) is 0. The zero-order valence-corrected chi connectivity index (χ0v) is 12.3. The molecule has 0 unspecified atom stereocenters. The molecule has 0 aromatic heterocycles. The van der Waals surface area contributed by atoms with E-state index in [1.54, 1.807) is 0 Å². The maximum absolute atomic E-state index is 8.54. The van der Waals surface area contributed by atoms with Gasteiger partial charge in [0.15, 0.2) is 0 Å². The fourth-order valence-electron chi connectivity index (χ4n) is 1.90. The van der Waals surface area contributed by atoms with Crippen molar-refractivity contribution in [1.29, 1.82) is 5.26 Å². The number of benzene rings is 1. The number of nitrogens with zero attached hydrogens (tertiary/aromatic N) is 2. The van der Waals surface area contributed by atoms with Crippen molar-refractivity contribution in [2.75, 3.05) is 0 Å². The number of rotatable bonds is 10. The number of nitriles is 1. The molecule has 0 saturated carbocycles. The highest BCUT2D eigenvalue weighted by molar-refractivity contribution is 5.83. The molecule has 0 saturated heterocycles. The lowest BCUT2D eigenvalue weighted by molar-refractivity contribution is 0.129. The SMILES string of the molecule is CCCCC(CCCCC#N)=NOCc1ccccc1. The fourth-order valence-corrected chi connectivity index (χ4v) is 1.90. The Balaban J connectivity index is 2.36. The average molecular weight is 272 g/mol. The third-order valence-electron chi connectivity index (χ3n) is 3.09. The molecule has 0 spiro atoms. The van der Waals surface area contributed by atoms with Crippen LogP contribution in [0.4, 0.5) is 0 Å². The van der Waals surface area contributed by atoms with Gasteiger partial charge in [-0.3, -0.25) is 0 Å². The summed E-state index contributed by atoms with van der Waals surface area (Å²) in [6.45, 7) is 2.70. The van der Waals surface area contributed by atoms with E-state index in [1.807, 2.05) is 30.3 Å². The first-order valence-electron chi connectivity index (χ1n) is 7.45. The van der Waals surface area contributed by atoms with Crippen LogP contribution in [0.1, 0.15) is 57.4 Å². The van der Waals surface area contributed by atoms with Gasteiger partial charge in [0.1, 0.15) is 6.61 Å². The molecule has 0 aliphatic carbocycles. The largest absolute Gasteiger partial charge is 0.391 e. The van der Waals surface area contributed by atoms with Gasteiger partial charge in [0, 0.05) is 6.42 Å². The van der Waals surface area contributed by atoms with Crippen LogP contribution in [0.25, 0.3) is 0 Å². The van der Waals surface area contributed by atoms with Crippen LogP contribution in [0.3, 0.4) is 0 Å². The molecular formula is C17H24N2O. The van der Waals surface area contributed by atoms with Crippen molar-refractivity contribution in [2.45, 2.75) is 58.5 Å². The third kappa shape index (κ3) is 7.58.